The standard InChI is InChI=1S/C53H58F2N12O4/c1-4-38-43(54)12-8-33-22-37(69)24-41(46(33)38)49-47(55)50-42(25-57-49)51(66-26-34-9-10-35(27-66)58-34)60-53(59-50)67-28-36(29-67)64-17-19-65(20-18-64)45(70)30-63-15-13-31(14-16-63)32-7-11-39-44(23-32)62(3)61-48(39)40(6-5-21-68)52(71)56-2/h1,7-8,11-12,21-25,31,34-36,40,58,69H,5-6,9-10,13-20,26-30H2,2-3H3,(H,56,71). The molecule has 0 aliphatic carbocycles. The largest absolute Gasteiger partial charge is 0.508 e. The van der Waals surface area contributed by atoms with Gasteiger partial charge in [0.05, 0.1) is 34.6 Å². The van der Waals surface area contributed by atoms with Gasteiger partial charge in [-0.05, 0) is 86.3 Å². The molecule has 2 bridgehead atoms. The van der Waals surface area contributed by atoms with Crippen LogP contribution in [0.15, 0.2) is 48.7 Å². The Bertz CT molecular complexity index is 3110. The number of aromatic hydroxyl groups is 1. The number of hydrogen-bond acceptors (Lipinski definition) is 13. The number of carbonyl (C=O) groups is 3. The molecule has 0 spiro atoms. The van der Waals surface area contributed by atoms with Crippen molar-refractivity contribution < 1.29 is 28.3 Å². The van der Waals surface area contributed by atoms with Crippen molar-refractivity contribution >= 4 is 62.4 Å². The number of phenolic OH excluding ortho intramolecular Hbond substituents is 1. The van der Waals surface area contributed by atoms with E-state index in [-0.39, 0.29) is 57.8 Å². The number of likely N-dealkylation sites (N-methyl/N-ethyl adjacent to an activating group) is 1. The van der Waals surface area contributed by atoms with Crippen LogP contribution in [0.25, 0.3) is 43.8 Å². The van der Waals surface area contributed by atoms with Crippen molar-refractivity contribution in [2.45, 2.75) is 68.5 Å². The summed E-state index contributed by atoms with van der Waals surface area (Å²) in [6.45, 7) is 7.56. The Morgan fingerprint density at radius 3 is 2.42 bits per heavy atom. The fraction of sp³-hybridized carbons (Fsp3) is 0.453. The van der Waals surface area contributed by atoms with Crippen molar-refractivity contribution in [3.05, 3.63) is 77.1 Å². The minimum atomic E-state index is -0.702. The number of carbonyl (C=O) groups excluding carboxylic acids is 3. The number of likely N-dealkylation sites (tertiary alicyclic amines) is 1. The van der Waals surface area contributed by atoms with Crippen LogP contribution in [0, 0.1) is 24.0 Å². The number of nitrogens with one attached hydrogen (secondary N) is 2. The van der Waals surface area contributed by atoms with Gasteiger partial charge >= 0.3 is 0 Å². The van der Waals surface area contributed by atoms with Crippen LogP contribution in [0.5, 0.6) is 5.75 Å². The van der Waals surface area contributed by atoms with Gasteiger partial charge in [0, 0.05) is 114 Å². The third-order valence-corrected chi connectivity index (χ3v) is 15.7. The fourth-order valence-corrected chi connectivity index (χ4v) is 11.8. The molecule has 3 N–H and O–H groups in total. The number of amides is 2. The number of hydrogen-bond donors (Lipinski definition) is 3. The molecule has 11 rings (SSSR count). The van der Waals surface area contributed by atoms with Gasteiger partial charge in [0.2, 0.25) is 17.8 Å². The van der Waals surface area contributed by atoms with E-state index in [0.717, 1.165) is 82.1 Å². The summed E-state index contributed by atoms with van der Waals surface area (Å²) in [6.07, 6.45) is 12.9. The van der Waals surface area contributed by atoms with Gasteiger partial charge in [0.15, 0.2) is 5.82 Å². The topological polar surface area (TPSA) is 168 Å². The summed E-state index contributed by atoms with van der Waals surface area (Å²) in [5.74, 6) is 1.84. The van der Waals surface area contributed by atoms with E-state index in [0.29, 0.717) is 85.4 Å². The Labute approximate surface area is 410 Å². The van der Waals surface area contributed by atoms with Gasteiger partial charge in [-0.3, -0.25) is 29.1 Å². The lowest BCUT2D eigenvalue weighted by atomic mass is 9.88. The molecule has 18 heteroatoms. The zero-order valence-electron chi connectivity index (χ0n) is 40.1. The van der Waals surface area contributed by atoms with E-state index in [2.05, 4.69) is 59.3 Å². The maximum atomic E-state index is 17.2. The number of halogens is 2. The van der Waals surface area contributed by atoms with Crippen molar-refractivity contribution in [1.82, 2.24) is 50.1 Å². The molecule has 5 aliphatic rings. The van der Waals surface area contributed by atoms with Crippen LogP contribution >= 0.6 is 0 Å². The number of nitrogens with zero attached hydrogens (tertiary/aromatic N) is 10. The molecule has 3 aromatic heterocycles. The van der Waals surface area contributed by atoms with Gasteiger partial charge in [0.1, 0.15) is 34.9 Å². The van der Waals surface area contributed by atoms with Crippen molar-refractivity contribution in [1.29, 1.82) is 0 Å². The van der Waals surface area contributed by atoms with Crippen LogP contribution in [0.1, 0.15) is 67.2 Å². The van der Waals surface area contributed by atoms with Crippen molar-refractivity contribution in [2.24, 2.45) is 7.05 Å². The van der Waals surface area contributed by atoms with Gasteiger partial charge in [0.25, 0.3) is 0 Å². The van der Waals surface area contributed by atoms with Crippen LogP contribution < -0.4 is 20.4 Å². The number of terminal acetylenes is 1. The predicted molar refractivity (Wildman–Crippen MR) is 267 cm³/mol. The van der Waals surface area contributed by atoms with E-state index in [1.165, 1.54) is 29.8 Å². The van der Waals surface area contributed by atoms with E-state index >= 15 is 8.78 Å². The maximum absolute atomic E-state index is 17.2. The molecule has 16 nitrogen and oxygen atoms in total. The number of piperidine rings is 1. The molecule has 71 heavy (non-hydrogen) atoms. The molecule has 3 atom stereocenters. The van der Waals surface area contributed by atoms with Crippen molar-refractivity contribution in [3.8, 4) is 29.4 Å². The average Bonchev–Trinajstić information content (AvgIpc) is 3.89. The Hall–Kier alpha value is -6.81. The molecular formula is C53H58F2N12O4. The highest BCUT2D eigenvalue weighted by molar-refractivity contribution is 6.03. The highest BCUT2D eigenvalue weighted by atomic mass is 19.1. The number of fused-ring (bicyclic) bond motifs is 5. The third-order valence-electron chi connectivity index (χ3n) is 15.7. The lowest BCUT2D eigenvalue weighted by Gasteiger charge is -2.48. The zero-order chi connectivity index (χ0) is 49.1. The summed E-state index contributed by atoms with van der Waals surface area (Å²) < 4.78 is 34.1. The maximum Gasteiger partial charge on any atom is 0.236 e. The van der Waals surface area contributed by atoms with Gasteiger partial charge < -0.3 is 35.2 Å². The summed E-state index contributed by atoms with van der Waals surface area (Å²) in [5, 5.41) is 24.0. The fourth-order valence-electron chi connectivity index (χ4n) is 11.8. The molecule has 5 aliphatic heterocycles. The minimum Gasteiger partial charge on any atom is -0.508 e. The molecule has 3 unspecified atom stereocenters. The molecule has 5 saturated heterocycles. The summed E-state index contributed by atoms with van der Waals surface area (Å²) in [5.41, 5.74) is 3.02. The van der Waals surface area contributed by atoms with E-state index in [1.54, 1.807) is 13.2 Å². The van der Waals surface area contributed by atoms with E-state index in [1.807, 2.05) is 16.6 Å². The van der Waals surface area contributed by atoms with Crippen molar-refractivity contribution in [3.63, 3.8) is 0 Å². The summed E-state index contributed by atoms with van der Waals surface area (Å²) in [7, 11) is 3.49. The number of benzene rings is 3. The minimum absolute atomic E-state index is 0.0376. The summed E-state index contributed by atoms with van der Waals surface area (Å²) in [6, 6.07) is 12.8. The second-order valence-electron chi connectivity index (χ2n) is 20.0. The van der Waals surface area contributed by atoms with Crippen LogP contribution in [-0.4, -0.2) is 160 Å². The first-order valence-corrected chi connectivity index (χ1v) is 24.9. The Kier molecular flexibility index (Phi) is 12.5. The summed E-state index contributed by atoms with van der Waals surface area (Å²) >= 11 is 0. The molecule has 3 aromatic carbocycles. The summed E-state index contributed by atoms with van der Waals surface area (Å²) in [4.78, 5) is 63.1. The SMILES string of the molecule is C#Cc1c(F)ccc2cc(O)cc(-c3ncc4c(N5CC6CCC(C5)N6)nc(N5CC(N6CCN(C(=O)CN7CCC(c8ccc9c(C(CCC=O)C(=O)NC)nn(C)c9c8)CC7)CC6)C5)nc4c3F)c12. The van der Waals surface area contributed by atoms with Gasteiger partial charge in [-0.1, -0.05) is 24.1 Å². The molecule has 0 saturated carbocycles. The molecule has 368 valence electrons. The van der Waals surface area contributed by atoms with Crippen LogP contribution in [0.4, 0.5) is 20.5 Å². The normalized spacial score (nSPS) is 20.7. The first-order valence-electron chi connectivity index (χ1n) is 24.9. The predicted octanol–water partition coefficient (Wildman–Crippen LogP) is 4.66. The highest BCUT2D eigenvalue weighted by Crippen LogP contribution is 2.40. The molecule has 8 heterocycles. The zero-order valence-corrected chi connectivity index (χ0v) is 40.1. The number of anilines is 2. The Morgan fingerprint density at radius 1 is 0.944 bits per heavy atom. The first kappa shape index (κ1) is 46.6. The van der Waals surface area contributed by atoms with E-state index < -0.39 is 17.6 Å². The molecule has 2 amide bonds. The van der Waals surface area contributed by atoms with Crippen LogP contribution in [0.3, 0.4) is 0 Å². The number of aldehydes is 1. The average molecular weight is 965 g/mol. The second kappa shape index (κ2) is 19.1. The number of aromatic nitrogens is 5. The number of aryl methyl sites for hydroxylation is 1. The van der Waals surface area contributed by atoms with Crippen LogP contribution in [-0.2, 0) is 21.4 Å². The van der Waals surface area contributed by atoms with Crippen LogP contribution in [0.2, 0.25) is 0 Å². The molecule has 6 aromatic rings. The number of piperazine rings is 2. The number of phenols is 1. The first-order chi connectivity index (χ1) is 34.5. The van der Waals surface area contributed by atoms with E-state index in [4.69, 9.17) is 21.5 Å². The monoisotopic (exact) mass is 964 g/mol. The highest BCUT2D eigenvalue weighted by Gasteiger charge is 2.39. The smallest absolute Gasteiger partial charge is 0.236 e. The Morgan fingerprint density at radius 2 is 1.70 bits per heavy atom. The lowest BCUT2D eigenvalue weighted by Crippen LogP contribution is -2.64. The molecular weight excluding hydrogens is 907 g/mol. The number of rotatable bonds is 12. The van der Waals surface area contributed by atoms with Gasteiger partial charge in [-0.25, -0.2) is 13.8 Å². The Balaban J connectivity index is 0.735. The van der Waals surface area contributed by atoms with E-state index in [9.17, 15) is 19.5 Å². The van der Waals surface area contributed by atoms with Gasteiger partial charge in [-0.15, -0.1) is 6.42 Å². The van der Waals surface area contributed by atoms with Crippen molar-refractivity contribution in [2.75, 3.05) is 88.8 Å². The second-order valence-corrected chi connectivity index (χ2v) is 20.0. The molecule has 5 fully saturated rings. The quantitative estimate of drug-likeness (QED) is 0.115. The third kappa shape index (κ3) is 8.67. The number of pyridine rings is 1. The lowest BCUT2D eigenvalue weighted by molar-refractivity contribution is -0.135. The molecule has 0 radical (unpaired) electrons. The van der Waals surface area contributed by atoms with Gasteiger partial charge in [-0.2, -0.15) is 10.1 Å².